The summed E-state index contributed by atoms with van der Waals surface area (Å²) in [6, 6.07) is 0. The van der Waals surface area contributed by atoms with Gasteiger partial charge in [-0.1, -0.05) is 0 Å². The fourth-order valence-corrected chi connectivity index (χ4v) is 2.07. The van der Waals surface area contributed by atoms with E-state index in [0.717, 1.165) is 0 Å². The molecule has 2 aliphatic rings. The van der Waals surface area contributed by atoms with Gasteiger partial charge in [0.15, 0.2) is 6.29 Å². The van der Waals surface area contributed by atoms with Crippen molar-refractivity contribution in [3.8, 4) is 0 Å². The Kier molecular flexibility index (Phi) is 4.51. The van der Waals surface area contributed by atoms with Crippen LogP contribution in [0.2, 0.25) is 0 Å². The first-order chi connectivity index (χ1) is 8.54. The quantitative estimate of drug-likeness (QED) is 0.357. The molecule has 2 fully saturated rings. The first kappa shape index (κ1) is 14.1. The standard InChI is InChI=1S/C10H18O8/c11-1-6-7(14)8(15)10(17-6)18-9-4(12)2-16-3-5(9)13/h4-15H,1-3H2/t4-,5+,6-,7-,8+,9?,10-/m0/s1. The highest BCUT2D eigenvalue weighted by atomic mass is 16.7. The van der Waals surface area contributed by atoms with Crippen LogP contribution in [0.15, 0.2) is 0 Å². The lowest BCUT2D eigenvalue weighted by Crippen LogP contribution is -2.51. The summed E-state index contributed by atoms with van der Waals surface area (Å²) < 4.78 is 15.3. The van der Waals surface area contributed by atoms with Crippen LogP contribution in [0.25, 0.3) is 0 Å². The lowest BCUT2D eigenvalue weighted by molar-refractivity contribution is -0.254. The normalized spacial score (nSPS) is 49.5. The maximum Gasteiger partial charge on any atom is 0.187 e. The van der Waals surface area contributed by atoms with E-state index in [9.17, 15) is 20.4 Å². The molecule has 0 aromatic carbocycles. The summed E-state index contributed by atoms with van der Waals surface area (Å²) >= 11 is 0. The van der Waals surface area contributed by atoms with Crippen LogP contribution >= 0.6 is 0 Å². The molecule has 8 nitrogen and oxygen atoms in total. The van der Waals surface area contributed by atoms with Gasteiger partial charge >= 0.3 is 0 Å². The van der Waals surface area contributed by atoms with Crippen molar-refractivity contribution in [1.29, 1.82) is 0 Å². The van der Waals surface area contributed by atoms with Gasteiger partial charge in [0.05, 0.1) is 19.8 Å². The van der Waals surface area contributed by atoms with E-state index in [1.165, 1.54) is 0 Å². The third-order valence-corrected chi connectivity index (χ3v) is 3.13. The monoisotopic (exact) mass is 266 g/mol. The van der Waals surface area contributed by atoms with Gasteiger partial charge in [0, 0.05) is 0 Å². The predicted octanol–water partition coefficient (Wildman–Crippen LogP) is -3.44. The van der Waals surface area contributed by atoms with Crippen molar-refractivity contribution in [2.24, 2.45) is 0 Å². The van der Waals surface area contributed by atoms with E-state index in [4.69, 9.17) is 19.3 Å². The molecule has 2 rings (SSSR count). The summed E-state index contributed by atoms with van der Waals surface area (Å²) in [6.45, 7) is -0.440. The Labute approximate surface area is 103 Å². The van der Waals surface area contributed by atoms with Gasteiger partial charge in [-0.05, 0) is 0 Å². The zero-order valence-corrected chi connectivity index (χ0v) is 9.62. The molecule has 106 valence electrons. The van der Waals surface area contributed by atoms with E-state index in [1.54, 1.807) is 0 Å². The Morgan fingerprint density at radius 3 is 2.11 bits per heavy atom. The Balaban J connectivity index is 1.96. The van der Waals surface area contributed by atoms with Crippen molar-refractivity contribution in [1.82, 2.24) is 0 Å². The second-order valence-corrected chi connectivity index (χ2v) is 4.48. The van der Waals surface area contributed by atoms with Gasteiger partial charge in [0.1, 0.15) is 36.6 Å². The first-order valence-electron chi connectivity index (χ1n) is 5.76. The molecule has 0 saturated carbocycles. The minimum Gasteiger partial charge on any atom is -0.394 e. The zero-order chi connectivity index (χ0) is 13.3. The third kappa shape index (κ3) is 2.65. The molecule has 7 atom stereocenters. The summed E-state index contributed by atoms with van der Waals surface area (Å²) in [7, 11) is 0. The summed E-state index contributed by atoms with van der Waals surface area (Å²) in [5, 5.41) is 47.3. The van der Waals surface area contributed by atoms with Gasteiger partial charge in [-0.25, -0.2) is 0 Å². The highest BCUT2D eigenvalue weighted by Crippen LogP contribution is 2.25. The van der Waals surface area contributed by atoms with Crippen molar-refractivity contribution in [2.75, 3.05) is 19.8 Å². The molecule has 18 heavy (non-hydrogen) atoms. The molecule has 0 aliphatic carbocycles. The molecule has 5 N–H and O–H groups in total. The van der Waals surface area contributed by atoms with Crippen LogP contribution in [0.3, 0.4) is 0 Å². The number of rotatable bonds is 3. The van der Waals surface area contributed by atoms with Crippen LogP contribution < -0.4 is 0 Å². The molecular weight excluding hydrogens is 248 g/mol. The van der Waals surface area contributed by atoms with Crippen molar-refractivity contribution >= 4 is 0 Å². The summed E-state index contributed by atoms with van der Waals surface area (Å²) in [6.07, 6.45) is -7.82. The number of ether oxygens (including phenoxy) is 3. The van der Waals surface area contributed by atoms with Crippen LogP contribution in [0.5, 0.6) is 0 Å². The molecule has 8 heteroatoms. The number of aliphatic hydroxyl groups excluding tert-OH is 5. The van der Waals surface area contributed by atoms with E-state index in [1.807, 2.05) is 0 Å². The predicted molar refractivity (Wildman–Crippen MR) is 55.5 cm³/mol. The van der Waals surface area contributed by atoms with E-state index in [0.29, 0.717) is 0 Å². The summed E-state index contributed by atoms with van der Waals surface area (Å²) in [5.41, 5.74) is 0. The summed E-state index contributed by atoms with van der Waals surface area (Å²) in [5.74, 6) is 0. The van der Waals surface area contributed by atoms with Gasteiger partial charge in [-0.3, -0.25) is 0 Å². The fourth-order valence-electron chi connectivity index (χ4n) is 2.07. The van der Waals surface area contributed by atoms with Gasteiger partial charge < -0.3 is 39.7 Å². The van der Waals surface area contributed by atoms with E-state index in [-0.39, 0.29) is 13.2 Å². The maximum absolute atomic E-state index is 9.66. The highest BCUT2D eigenvalue weighted by Gasteiger charge is 2.46. The largest absolute Gasteiger partial charge is 0.394 e. The first-order valence-corrected chi connectivity index (χ1v) is 5.76. The minimum atomic E-state index is -1.34. The van der Waals surface area contributed by atoms with Crippen molar-refractivity contribution in [3.05, 3.63) is 0 Å². The van der Waals surface area contributed by atoms with Gasteiger partial charge in [0.25, 0.3) is 0 Å². The molecule has 2 heterocycles. The number of hydrogen-bond donors (Lipinski definition) is 5. The smallest absolute Gasteiger partial charge is 0.187 e. The molecule has 0 bridgehead atoms. The Bertz CT molecular complexity index is 265. The van der Waals surface area contributed by atoms with Crippen LogP contribution in [0.4, 0.5) is 0 Å². The van der Waals surface area contributed by atoms with Crippen molar-refractivity contribution < 1.29 is 39.7 Å². The average molecular weight is 266 g/mol. The number of hydrogen-bond acceptors (Lipinski definition) is 8. The van der Waals surface area contributed by atoms with Gasteiger partial charge in [-0.2, -0.15) is 0 Å². The molecule has 2 saturated heterocycles. The molecule has 1 unspecified atom stereocenters. The second-order valence-electron chi connectivity index (χ2n) is 4.48. The molecule has 0 radical (unpaired) electrons. The van der Waals surface area contributed by atoms with Crippen LogP contribution in [-0.2, 0) is 14.2 Å². The zero-order valence-electron chi connectivity index (χ0n) is 9.62. The van der Waals surface area contributed by atoms with E-state index < -0.39 is 49.5 Å². The van der Waals surface area contributed by atoms with Crippen LogP contribution in [-0.4, -0.2) is 88.3 Å². The van der Waals surface area contributed by atoms with Gasteiger partial charge in [-0.15, -0.1) is 0 Å². The SMILES string of the molecule is OC[C@@H]1O[C@@H](OC2[C@H](O)COC[C@@H]2O)[C@H](O)[C@H]1O. The molecule has 0 aromatic heterocycles. The number of aliphatic hydroxyl groups is 5. The average Bonchev–Trinajstić information content (AvgIpc) is 2.61. The Morgan fingerprint density at radius 2 is 1.61 bits per heavy atom. The topological polar surface area (TPSA) is 129 Å². The van der Waals surface area contributed by atoms with Crippen LogP contribution in [0.1, 0.15) is 0 Å². The highest BCUT2D eigenvalue weighted by molar-refractivity contribution is 4.89. The fraction of sp³-hybridized carbons (Fsp3) is 1.00. The van der Waals surface area contributed by atoms with Crippen molar-refractivity contribution in [3.63, 3.8) is 0 Å². The molecule has 2 aliphatic heterocycles. The third-order valence-electron chi connectivity index (χ3n) is 3.13. The van der Waals surface area contributed by atoms with E-state index in [2.05, 4.69) is 0 Å². The Morgan fingerprint density at radius 1 is 1.00 bits per heavy atom. The molecule has 0 spiro atoms. The lowest BCUT2D eigenvalue weighted by atomic mass is 10.1. The maximum atomic E-state index is 9.66. The second kappa shape index (κ2) is 5.76. The molecule has 0 aromatic rings. The Hall–Kier alpha value is -0.320. The van der Waals surface area contributed by atoms with Gasteiger partial charge in [0.2, 0.25) is 0 Å². The van der Waals surface area contributed by atoms with E-state index >= 15 is 0 Å². The summed E-state index contributed by atoms with van der Waals surface area (Å²) in [4.78, 5) is 0. The molecule has 0 amide bonds. The van der Waals surface area contributed by atoms with Crippen LogP contribution in [0, 0.1) is 0 Å². The lowest BCUT2D eigenvalue weighted by Gasteiger charge is -2.34. The van der Waals surface area contributed by atoms with Crippen molar-refractivity contribution in [2.45, 2.75) is 42.9 Å². The molecular formula is C10H18O8. The minimum absolute atomic E-state index is 0.0104.